The fourth-order valence-corrected chi connectivity index (χ4v) is 23.6. The summed E-state index contributed by atoms with van der Waals surface area (Å²) in [7, 11) is -11.0. The summed E-state index contributed by atoms with van der Waals surface area (Å²) >= 11 is 0. The van der Waals surface area contributed by atoms with Gasteiger partial charge in [-0.2, -0.15) is 0 Å². The van der Waals surface area contributed by atoms with Crippen molar-refractivity contribution in [3.05, 3.63) is 49.1 Å². The third-order valence-corrected chi connectivity index (χ3v) is 22.6. The molecule has 1 rings (SSSR count). The molecule has 0 aromatic rings. The molecule has 4 nitrogen and oxygen atoms in total. The van der Waals surface area contributed by atoms with Crippen molar-refractivity contribution in [1.29, 1.82) is 0 Å². The van der Waals surface area contributed by atoms with E-state index in [4.69, 9.17) is 16.5 Å². The molecule has 0 N–H and O–H groups in total. The van der Waals surface area contributed by atoms with Gasteiger partial charge < -0.3 is 16.5 Å². The van der Waals surface area contributed by atoms with Gasteiger partial charge >= 0.3 is 34.2 Å². The van der Waals surface area contributed by atoms with Gasteiger partial charge in [-0.1, -0.05) is 63.3 Å². The minimum absolute atomic E-state index is 0.173. The van der Waals surface area contributed by atoms with Gasteiger partial charge in [0.2, 0.25) is 0 Å². The van der Waals surface area contributed by atoms with Gasteiger partial charge in [-0.15, -0.1) is 26.3 Å². The van der Waals surface area contributed by atoms with E-state index in [1.54, 1.807) is 0 Å². The Morgan fingerprint density at radius 1 is 0.731 bits per heavy atom. The van der Waals surface area contributed by atoms with Crippen LogP contribution in [0.25, 0.3) is 0 Å². The molecule has 0 spiro atoms. The Kier molecular flexibility index (Phi) is 8.43. The molecule has 0 amide bonds. The zero-order valence-electron chi connectivity index (χ0n) is 17.2. The molecule has 0 radical (unpaired) electrons. The molecule has 1 heterocycles. The molecule has 0 aromatic heterocycles. The van der Waals surface area contributed by atoms with E-state index in [0.717, 1.165) is 24.9 Å². The van der Waals surface area contributed by atoms with Gasteiger partial charge in [0.05, 0.1) is 0 Å². The van der Waals surface area contributed by atoms with Crippen LogP contribution < -0.4 is 0 Å². The normalized spacial score (nSPS) is 38.2. The number of hydrogen-bond acceptors (Lipinski definition) is 4. The molecule has 1 aliphatic rings. The summed E-state index contributed by atoms with van der Waals surface area (Å²) in [6.07, 6.45) is 1.89. The largest absolute Gasteiger partial charge is 0.409 e. The Morgan fingerprint density at radius 3 is 1.58 bits per heavy atom. The summed E-state index contributed by atoms with van der Waals surface area (Å²) in [5.74, 6) is 0. The van der Waals surface area contributed by atoms with E-state index < -0.39 is 34.2 Å². The van der Waals surface area contributed by atoms with Crippen LogP contribution in [-0.2, 0) is 16.5 Å². The van der Waals surface area contributed by atoms with Crippen molar-refractivity contribution in [2.45, 2.75) is 64.7 Å². The molecule has 0 saturated carbocycles. The smallest absolute Gasteiger partial charge is 0.349 e. The molecule has 8 heteroatoms. The van der Waals surface area contributed by atoms with E-state index in [1.807, 2.05) is 29.3 Å². The lowest BCUT2D eigenvalue weighted by molar-refractivity contribution is 0.233. The van der Waals surface area contributed by atoms with Gasteiger partial charge in [0.25, 0.3) is 0 Å². The average Bonchev–Trinajstić information content (AvgIpc) is 2.59. The van der Waals surface area contributed by atoms with E-state index in [0.29, 0.717) is 0 Å². The zero-order valence-corrected chi connectivity index (χ0v) is 21.2. The zero-order chi connectivity index (χ0) is 20.1. The third-order valence-electron chi connectivity index (χ3n) is 4.69. The molecule has 148 valence electrons. The highest BCUT2D eigenvalue weighted by Crippen LogP contribution is 2.40. The summed E-state index contributed by atoms with van der Waals surface area (Å²) in [4.78, 5) is 0. The van der Waals surface area contributed by atoms with Crippen molar-refractivity contribution >= 4 is 34.2 Å². The molecule has 4 atom stereocenters. The van der Waals surface area contributed by atoms with Crippen LogP contribution in [0.2, 0.25) is 24.2 Å². The van der Waals surface area contributed by atoms with E-state index in [2.05, 4.69) is 54.0 Å². The van der Waals surface area contributed by atoms with E-state index in [1.165, 1.54) is 0 Å². The Balaban J connectivity index is 3.61. The molecule has 26 heavy (non-hydrogen) atoms. The minimum Gasteiger partial charge on any atom is -0.409 e. The molecular weight excluding hydrogens is 393 g/mol. The second kappa shape index (κ2) is 9.24. The van der Waals surface area contributed by atoms with Gasteiger partial charge in [0.15, 0.2) is 0 Å². The predicted octanol–water partition coefficient (Wildman–Crippen LogP) is 5.60. The van der Waals surface area contributed by atoms with Crippen LogP contribution in [0, 0.1) is 0 Å². The standard InChI is InChI=1S/C18H36O4Si4/c1-10-16-24(13-4)19-23(9,12-3)20-26(15-6,18(7)8)22-25(14-5,21-24)17-11-2/h12-15,18H,3-6,10-11,16-17H2,1-2,7-9H3. The molecule has 4 unspecified atom stereocenters. The molecule has 1 fully saturated rings. The molecule has 0 aromatic carbocycles. The summed E-state index contributed by atoms with van der Waals surface area (Å²) in [5.41, 5.74) is 7.66. The lowest BCUT2D eigenvalue weighted by Gasteiger charge is -2.50. The van der Waals surface area contributed by atoms with E-state index >= 15 is 0 Å². The van der Waals surface area contributed by atoms with Gasteiger partial charge in [-0.3, -0.25) is 0 Å². The quantitative estimate of drug-likeness (QED) is 0.448. The molecule has 0 bridgehead atoms. The van der Waals surface area contributed by atoms with Crippen LogP contribution in [0.3, 0.4) is 0 Å². The number of hydrogen-bond donors (Lipinski definition) is 0. The lowest BCUT2D eigenvalue weighted by Crippen LogP contribution is -2.68. The first kappa shape index (κ1) is 23.7. The van der Waals surface area contributed by atoms with Crippen LogP contribution in [-0.4, -0.2) is 34.2 Å². The SMILES string of the molecule is C=C[Si]1(C)O[Si](C=C)(CCC)O[Si](C=C)(CCC)O[Si](C=C)(C(C)C)O1. The topological polar surface area (TPSA) is 36.9 Å². The highest BCUT2D eigenvalue weighted by molar-refractivity contribution is 6.99. The minimum atomic E-state index is -2.78. The van der Waals surface area contributed by atoms with Crippen molar-refractivity contribution in [1.82, 2.24) is 0 Å². The van der Waals surface area contributed by atoms with Crippen LogP contribution >= 0.6 is 0 Å². The second-order valence-electron chi connectivity index (χ2n) is 7.24. The monoisotopic (exact) mass is 428 g/mol. The molecule has 1 aliphatic heterocycles. The first-order valence-corrected chi connectivity index (χ1v) is 18.1. The third kappa shape index (κ3) is 4.93. The summed E-state index contributed by atoms with van der Waals surface area (Å²) in [5, 5.41) is 0. The fourth-order valence-electron chi connectivity index (χ4n) is 3.22. The lowest BCUT2D eigenvalue weighted by atomic mass is 10.6. The van der Waals surface area contributed by atoms with Crippen molar-refractivity contribution in [3.63, 3.8) is 0 Å². The van der Waals surface area contributed by atoms with Crippen LogP contribution in [0.15, 0.2) is 49.1 Å². The van der Waals surface area contributed by atoms with Crippen molar-refractivity contribution < 1.29 is 16.5 Å². The van der Waals surface area contributed by atoms with Gasteiger partial charge in [-0.25, -0.2) is 0 Å². The summed E-state index contributed by atoms with van der Waals surface area (Å²) in [6.45, 7) is 26.8. The van der Waals surface area contributed by atoms with Gasteiger partial charge in [-0.05, 0) is 24.2 Å². The first-order valence-electron chi connectivity index (χ1n) is 9.49. The van der Waals surface area contributed by atoms with E-state index in [9.17, 15) is 0 Å². The van der Waals surface area contributed by atoms with E-state index in [-0.39, 0.29) is 5.54 Å². The summed E-state index contributed by atoms with van der Waals surface area (Å²) < 4.78 is 27.1. The second-order valence-corrected chi connectivity index (χ2v) is 21.0. The van der Waals surface area contributed by atoms with Crippen LogP contribution in [0.1, 0.15) is 40.5 Å². The van der Waals surface area contributed by atoms with Gasteiger partial charge in [0.1, 0.15) is 0 Å². The van der Waals surface area contributed by atoms with Crippen LogP contribution in [0.4, 0.5) is 0 Å². The Bertz CT molecular complexity index is 543. The van der Waals surface area contributed by atoms with Crippen molar-refractivity contribution in [2.75, 3.05) is 0 Å². The Labute approximate surface area is 164 Å². The first-order chi connectivity index (χ1) is 12.1. The fraction of sp³-hybridized carbons (Fsp3) is 0.556. The average molecular weight is 429 g/mol. The predicted molar refractivity (Wildman–Crippen MR) is 119 cm³/mol. The summed E-state index contributed by atoms with van der Waals surface area (Å²) in [6, 6.07) is 1.63. The molecule has 0 aliphatic carbocycles. The van der Waals surface area contributed by atoms with Crippen molar-refractivity contribution in [2.24, 2.45) is 0 Å². The number of rotatable bonds is 9. The highest BCUT2D eigenvalue weighted by atomic mass is 28.5. The Morgan fingerprint density at radius 2 is 1.23 bits per heavy atom. The Hall–Kier alpha value is -0.332. The maximum atomic E-state index is 6.86. The molecular formula is C18H36O4Si4. The molecule has 1 saturated heterocycles. The highest BCUT2D eigenvalue weighted by Gasteiger charge is 2.59. The maximum absolute atomic E-state index is 6.86. The maximum Gasteiger partial charge on any atom is 0.349 e. The van der Waals surface area contributed by atoms with Crippen LogP contribution in [0.5, 0.6) is 0 Å². The van der Waals surface area contributed by atoms with Crippen molar-refractivity contribution in [3.8, 4) is 0 Å². The van der Waals surface area contributed by atoms with Gasteiger partial charge in [0, 0.05) is 0 Å².